The average Bonchev–Trinajstić information content (AvgIpc) is 2.80. The summed E-state index contributed by atoms with van der Waals surface area (Å²) in [5.74, 6) is -0.569. The van der Waals surface area contributed by atoms with Gasteiger partial charge in [0.05, 0.1) is 34.5 Å². The third-order valence-electron chi connectivity index (χ3n) is 4.73. The Morgan fingerprint density at radius 3 is 2.74 bits per heavy atom. The summed E-state index contributed by atoms with van der Waals surface area (Å²) < 4.78 is 11.0. The van der Waals surface area contributed by atoms with E-state index in [1.165, 1.54) is 6.21 Å². The number of nitrogens with zero attached hydrogens (tertiary/aromatic N) is 1. The van der Waals surface area contributed by atoms with Crippen LogP contribution in [0.4, 0.5) is 0 Å². The lowest BCUT2D eigenvalue weighted by Gasteiger charge is -2.30. The molecule has 0 spiro atoms. The Labute approximate surface area is 212 Å². The first kappa shape index (κ1) is 25.5. The highest BCUT2D eigenvalue weighted by molar-refractivity contribution is 7.80. The van der Waals surface area contributed by atoms with Crippen LogP contribution in [0, 0.1) is 0 Å². The lowest BCUT2D eigenvalue weighted by Crippen LogP contribution is -2.45. The molecule has 1 atom stereocenters. The van der Waals surface area contributed by atoms with Crippen molar-refractivity contribution in [2.75, 3.05) is 13.2 Å². The molecule has 2 aromatic carbocycles. The van der Waals surface area contributed by atoms with E-state index in [4.69, 9.17) is 44.9 Å². The van der Waals surface area contributed by atoms with Gasteiger partial charge in [0.15, 0.2) is 11.7 Å². The maximum atomic E-state index is 12.6. The van der Waals surface area contributed by atoms with E-state index in [1.54, 1.807) is 56.3 Å². The first-order chi connectivity index (χ1) is 16.3. The number of ether oxygens (including phenoxy) is 2. The van der Waals surface area contributed by atoms with E-state index in [2.05, 4.69) is 21.2 Å². The molecule has 0 saturated heterocycles. The highest BCUT2D eigenvalue weighted by Gasteiger charge is 2.32. The molecule has 0 unspecified atom stereocenters. The zero-order chi connectivity index (χ0) is 24.7. The number of esters is 1. The molecule has 1 aliphatic heterocycles. The molecule has 0 aromatic heterocycles. The Kier molecular flexibility index (Phi) is 8.86. The lowest BCUT2D eigenvalue weighted by atomic mass is 9.95. The number of hydrogen-bond donors (Lipinski definition) is 3. The lowest BCUT2D eigenvalue weighted by molar-refractivity contribution is -0.139. The first-order valence-electron chi connectivity index (χ1n) is 10.2. The minimum atomic E-state index is -0.616. The van der Waals surface area contributed by atoms with Gasteiger partial charge in [-0.25, -0.2) is 10.2 Å². The summed E-state index contributed by atoms with van der Waals surface area (Å²) in [7, 11) is 0. The molecule has 0 aliphatic carbocycles. The summed E-state index contributed by atoms with van der Waals surface area (Å²) in [4.78, 5) is 24.9. The van der Waals surface area contributed by atoms with Crippen molar-refractivity contribution in [3.63, 3.8) is 0 Å². The molecular weight excluding hydrogens is 499 g/mol. The van der Waals surface area contributed by atoms with Gasteiger partial charge in [-0.2, -0.15) is 5.10 Å². The monoisotopic (exact) mass is 520 g/mol. The minimum Gasteiger partial charge on any atom is -0.483 e. The van der Waals surface area contributed by atoms with Crippen LogP contribution >= 0.6 is 35.4 Å². The Hall–Kier alpha value is -3.14. The number of benzene rings is 2. The Bertz CT molecular complexity index is 1170. The smallest absolute Gasteiger partial charge is 0.338 e. The van der Waals surface area contributed by atoms with Crippen LogP contribution in [-0.2, 0) is 14.3 Å². The van der Waals surface area contributed by atoms with E-state index >= 15 is 0 Å². The van der Waals surface area contributed by atoms with E-state index in [0.717, 1.165) is 0 Å². The SMILES string of the molecule is CCOC(=O)C1=C(C)NC(=S)N[C@@H]1c1ccccc1OCC(=O)NN=Cc1cccc(Cl)c1Cl. The maximum Gasteiger partial charge on any atom is 0.338 e. The molecule has 8 nitrogen and oxygen atoms in total. The first-order valence-corrected chi connectivity index (χ1v) is 11.4. The normalized spacial score (nSPS) is 15.5. The van der Waals surface area contributed by atoms with Crippen molar-refractivity contribution in [3.8, 4) is 5.75 Å². The molecule has 3 rings (SSSR count). The fourth-order valence-electron chi connectivity index (χ4n) is 3.23. The second-order valence-corrected chi connectivity index (χ2v) is 8.25. The number of halogens is 2. The van der Waals surface area contributed by atoms with Crippen molar-refractivity contribution in [1.82, 2.24) is 16.1 Å². The standard InChI is InChI=1S/C23H22Cl2N4O4S/c1-3-32-22(31)19-13(2)27-23(34)28-21(19)15-8-4-5-10-17(15)33-12-18(30)29-26-11-14-7-6-9-16(24)20(14)25/h4-11,21H,3,12H2,1-2H3,(H,29,30)(H2,27,28,34)/t21-/m1/s1. The molecule has 1 heterocycles. The Balaban J connectivity index is 1.72. The highest BCUT2D eigenvalue weighted by Crippen LogP contribution is 2.33. The quantitative estimate of drug-likeness (QED) is 0.210. The molecule has 2 aromatic rings. The van der Waals surface area contributed by atoms with Crippen molar-refractivity contribution in [2.45, 2.75) is 19.9 Å². The van der Waals surface area contributed by atoms with Gasteiger partial charge in [0, 0.05) is 16.8 Å². The van der Waals surface area contributed by atoms with E-state index in [9.17, 15) is 9.59 Å². The second-order valence-electron chi connectivity index (χ2n) is 7.05. The van der Waals surface area contributed by atoms with Gasteiger partial charge in [-0.15, -0.1) is 0 Å². The predicted molar refractivity (Wildman–Crippen MR) is 135 cm³/mol. The zero-order valence-corrected chi connectivity index (χ0v) is 20.7. The van der Waals surface area contributed by atoms with Crippen LogP contribution in [0.1, 0.15) is 31.0 Å². The second kappa shape index (κ2) is 11.8. The zero-order valence-electron chi connectivity index (χ0n) is 18.4. The van der Waals surface area contributed by atoms with Gasteiger partial charge in [-0.3, -0.25) is 4.79 Å². The topological polar surface area (TPSA) is 101 Å². The minimum absolute atomic E-state index is 0.228. The van der Waals surface area contributed by atoms with Gasteiger partial charge in [0.25, 0.3) is 5.91 Å². The van der Waals surface area contributed by atoms with Gasteiger partial charge < -0.3 is 20.1 Å². The largest absolute Gasteiger partial charge is 0.483 e. The number of rotatable bonds is 8. The number of nitrogens with one attached hydrogen (secondary N) is 3. The molecule has 11 heteroatoms. The van der Waals surface area contributed by atoms with Crippen LogP contribution in [0.2, 0.25) is 10.0 Å². The van der Waals surface area contributed by atoms with Gasteiger partial charge in [0.1, 0.15) is 5.75 Å². The summed E-state index contributed by atoms with van der Waals surface area (Å²) in [6, 6.07) is 11.5. The van der Waals surface area contributed by atoms with Gasteiger partial charge >= 0.3 is 5.97 Å². The summed E-state index contributed by atoms with van der Waals surface area (Å²) in [5.41, 5.74) is 4.51. The number of carbonyl (C=O) groups excluding carboxylic acids is 2. The number of para-hydroxylation sites is 1. The number of hydrazone groups is 1. The number of hydrogen-bond acceptors (Lipinski definition) is 6. The highest BCUT2D eigenvalue weighted by atomic mass is 35.5. The van der Waals surface area contributed by atoms with Crippen LogP contribution in [-0.4, -0.2) is 36.4 Å². The third-order valence-corrected chi connectivity index (χ3v) is 5.78. The van der Waals surface area contributed by atoms with E-state index < -0.39 is 17.9 Å². The summed E-state index contributed by atoms with van der Waals surface area (Å²) in [6.07, 6.45) is 1.39. The third kappa shape index (κ3) is 6.25. The fourth-order valence-corrected chi connectivity index (χ4v) is 3.85. The molecule has 1 aliphatic rings. The van der Waals surface area contributed by atoms with Crippen molar-refractivity contribution in [2.24, 2.45) is 5.10 Å². The van der Waals surface area contributed by atoms with Crippen LogP contribution < -0.4 is 20.8 Å². The molecule has 0 radical (unpaired) electrons. The van der Waals surface area contributed by atoms with E-state index in [1.807, 2.05) is 0 Å². The molecule has 0 bridgehead atoms. The molecule has 178 valence electrons. The molecule has 34 heavy (non-hydrogen) atoms. The van der Waals surface area contributed by atoms with Gasteiger partial charge in [-0.05, 0) is 38.2 Å². The Morgan fingerprint density at radius 2 is 1.97 bits per heavy atom. The van der Waals surface area contributed by atoms with Crippen LogP contribution in [0.25, 0.3) is 0 Å². The van der Waals surface area contributed by atoms with Crippen LogP contribution in [0.5, 0.6) is 5.75 Å². The van der Waals surface area contributed by atoms with Gasteiger partial charge in [-0.1, -0.05) is 53.5 Å². The number of allylic oxidation sites excluding steroid dienone is 1. The average molecular weight is 521 g/mol. The number of carbonyl (C=O) groups is 2. The number of thiocarbonyl (C=S) groups is 1. The van der Waals surface area contributed by atoms with E-state index in [0.29, 0.717) is 43.3 Å². The van der Waals surface area contributed by atoms with Crippen molar-refractivity contribution in [1.29, 1.82) is 0 Å². The fraction of sp³-hybridized carbons (Fsp3) is 0.217. The Morgan fingerprint density at radius 1 is 1.21 bits per heavy atom. The van der Waals surface area contributed by atoms with Gasteiger partial charge in [0.2, 0.25) is 0 Å². The van der Waals surface area contributed by atoms with Crippen LogP contribution in [0.3, 0.4) is 0 Å². The molecule has 0 fully saturated rings. The molecule has 0 saturated carbocycles. The predicted octanol–water partition coefficient (Wildman–Crippen LogP) is 3.88. The summed E-state index contributed by atoms with van der Waals surface area (Å²) in [5, 5.41) is 11.0. The molecule has 1 amide bonds. The van der Waals surface area contributed by atoms with Crippen LogP contribution in [0.15, 0.2) is 58.8 Å². The van der Waals surface area contributed by atoms with Crippen molar-refractivity contribution < 1.29 is 19.1 Å². The van der Waals surface area contributed by atoms with Crippen molar-refractivity contribution >= 4 is 58.6 Å². The van der Waals surface area contributed by atoms with Crippen molar-refractivity contribution in [3.05, 3.63) is 74.9 Å². The summed E-state index contributed by atoms with van der Waals surface area (Å²) >= 11 is 17.3. The van der Waals surface area contributed by atoms with E-state index in [-0.39, 0.29) is 13.2 Å². The summed E-state index contributed by atoms with van der Waals surface area (Å²) in [6.45, 7) is 3.39. The number of amides is 1. The molecular formula is C23H22Cl2N4O4S. The maximum absolute atomic E-state index is 12.6. The molecule has 3 N–H and O–H groups in total.